The second-order valence-electron chi connectivity index (χ2n) is 5.91. The number of halogens is 1. The Labute approximate surface area is 118 Å². The van der Waals surface area contributed by atoms with Crippen molar-refractivity contribution in [2.45, 2.75) is 79.6 Å². The molecular weight excluding hydrogens is 244 g/mol. The average Bonchev–Trinajstić information content (AvgIpc) is 2.20. The van der Waals surface area contributed by atoms with E-state index < -0.39 is 0 Å². The summed E-state index contributed by atoms with van der Waals surface area (Å²) in [5, 5.41) is 0.791. The zero-order chi connectivity index (χ0) is 14.5. The first-order valence-corrected chi connectivity index (χ1v) is 7.31. The van der Waals surface area contributed by atoms with Crippen molar-refractivity contribution < 1.29 is 4.58 Å². The van der Waals surface area contributed by atoms with Crippen molar-refractivity contribution in [2.24, 2.45) is 0 Å². The molecule has 0 atom stereocenters. The lowest BCUT2D eigenvalue weighted by Crippen LogP contribution is -2.33. The van der Waals surface area contributed by atoms with Gasteiger partial charge in [-0.2, -0.15) is 0 Å². The highest BCUT2D eigenvalue weighted by atomic mass is 35.5. The maximum absolute atomic E-state index is 6.37. The summed E-state index contributed by atoms with van der Waals surface area (Å²) in [6, 6.07) is 1.83. The summed E-state index contributed by atoms with van der Waals surface area (Å²) in [7, 11) is 0. The first-order valence-electron chi connectivity index (χ1n) is 6.93. The van der Waals surface area contributed by atoms with Crippen LogP contribution in [0.1, 0.15) is 55.4 Å². The summed E-state index contributed by atoms with van der Waals surface area (Å²) in [6.45, 7) is 17.5. The Balaban J connectivity index is 5.12. The van der Waals surface area contributed by atoms with E-state index in [9.17, 15) is 0 Å². The number of rotatable bonds is 6. The van der Waals surface area contributed by atoms with Gasteiger partial charge in [0.05, 0.1) is 0 Å². The Morgan fingerprint density at radius 2 is 1.28 bits per heavy atom. The largest absolute Gasteiger partial charge is 0.371 e. The molecule has 0 aliphatic carbocycles. The van der Waals surface area contributed by atoms with Gasteiger partial charge in [-0.15, -0.1) is 0 Å². The van der Waals surface area contributed by atoms with Gasteiger partial charge in [-0.3, -0.25) is 0 Å². The maximum atomic E-state index is 6.37. The molecule has 0 heterocycles. The average molecular weight is 274 g/mol. The predicted molar refractivity (Wildman–Crippen MR) is 82.6 cm³/mol. The summed E-state index contributed by atoms with van der Waals surface area (Å²) in [5.74, 6) is 0. The normalized spacial score (nSPS) is 12.8. The maximum Gasteiger partial charge on any atom is 0.184 e. The molecule has 0 amide bonds. The van der Waals surface area contributed by atoms with Crippen LogP contribution in [0.3, 0.4) is 0 Å². The minimum atomic E-state index is 0.457. The van der Waals surface area contributed by atoms with Gasteiger partial charge >= 0.3 is 0 Å². The van der Waals surface area contributed by atoms with Crippen molar-refractivity contribution in [3.8, 4) is 0 Å². The second kappa shape index (κ2) is 7.83. The van der Waals surface area contributed by atoms with E-state index in [1.54, 1.807) is 0 Å². The second-order valence-corrected chi connectivity index (χ2v) is 6.35. The monoisotopic (exact) mass is 273 g/mol. The molecule has 0 aromatic carbocycles. The fourth-order valence-electron chi connectivity index (χ4n) is 2.11. The van der Waals surface area contributed by atoms with Gasteiger partial charge in [0.25, 0.3) is 0 Å². The highest BCUT2D eigenvalue weighted by molar-refractivity contribution is 6.38. The van der Waals surface area contributed by atoms with Crippen LogP contribution in [0.5, 0.6) is 0 Å². The lowest BCUT2D eigenvalue weighted by atomic mass is 10.2. The number of allylic oxidation sites excluding steroid dienone is 1. The minimum absolute atomic E-state index is 0.457. The zero-order valence-corrected chi connectivity index (χ0v) is 14.0. The zero-order valence-electron chi connectivity index (χ0n) is 13.2. The van der Waals surface area contributed by atoms with Crippen LogP contribution >= 0.6 is 11.6 Å². The van der Waals surface area contributed by atoms with Gasteiger partial charge in [0, 0.05) is 18.3 Å². The first kappa shape index (κ1) is 17.5. The lowest BCUT2D eigenvalue weighted by Gasteiger charge is -2.29. The molecule has 3 heteroatoms. The van der Waals surface area contributed by atoms with Crippen molar-refractivity contribution in [3.05, 3.63) is 11.2 Å². The summed E-state index contributed by atoms with van der Waals surface area (Å²) >= 11 is 6.37. The smallest absolute Gasteiger partial charge is 0.184 e. The van der Waals surface area contributed by atoms with Crippen LogP contribution in [0.4, 0.5) is 0 Å². The molecule has 0 unspecified atom stereocenters. The van der Waals surface area contributed by atoms with E-state index in [2.05, 4.69) is 77.3 Å². The molecule has 0 saturated carbocycles. The molecule has 0 aromatic heterocycles. The Bertz CT molecular complexity index is 284. The molecule has 0 N–H and O–H groups in total. The summed E-state index contributed by atoms with van der Waals surface area (Å²) in [6.07, 6.45) is 4.10. The van der Waals surface area contributed by atoms with Crippen LogP contribution in [0.2, 0.25) is 0 Å². The van der Waals surface area contributed by atoms with E-state index in [1.807, 2.05) is 0 Å². The van der Waals surface area contributed by atoms with Gasteiger partial charge in [-0.05, 0) is 55.4 Å². The molecule has 106 valence electrons. The van der Waals surface area contributed by atoms with E-state index >= 15 is 0 Å². The van der Waals surface area contributed by atoms with Crippen LogP contribution in [0, 0.1) is 0 Å². The van der Waals surface area contributed by atoms with Crippen molar-refractivity contribution in [1.82, 2.24) is 4.90 Å². The number of nitrogens with zero attached hydrogens (tertiary/aromatic N) is 2. The van der Waals surface area contributed by atoms with Crippen molar-refractivity contribution >= 4 is 17.8 Å². The van der Waals surface area contributed by atoms with Crippen LogP contribution in [-0.2, 0) is 0 Å². The number of hydrogen-bond acceptors (Lipinski definition) is 1. The van der Waals surface area contributed by atoms with Gasteiger partial charge in [-0.1, -0.05) is 11.6 Å². The highest BCUT2D eigenvalue weighted by Gasteiger charge is 2.16. The third-order valence-electron chi connectivity index (χ3n) is 2.93. The molecule has 18 heavy (non-hydrogen) atoms. The summed E-state index contributed by atoms with van der Waals surface area (Å²) < 4.78 is 2.28. The van der Waals surface area contributed by atoms with Gasteiger partial charge in [-0.25, -0.2) is 4.58 Å². The van der Waals surface area contributed by atoms with E-state index in [0.29, 0.717) is 24.2 Å². The van der Waals surface area contributed by atoms with Crippen LogP contribution in [-0.4, -0.2) is 39.9 Å². The fourth-order valence-corrected chi connectivity index (χ4v) is 2.33. The molecule has 0 spiro atoms. The predicted octanol–water partition coefficient (Wildman–Crippen LogP) is 4.09. The molecule has 0 aliphatic heterocycles. The first-order chi connectivity index (χ1) is 8.16. The van der Waals surface area contributed by atoms with E-state index in [1.165, 1.54) is 0 Å². The van der Waals surface area contributed by atoms with E-state index in [0.717, 1.165) is 5.03 Å². The van der Waals surface area contributed by atoms with Gasteiger partial charge in [0.2, 0.25) is 0 Å². The fraction of sp³-hybridized carbons (Fsp3) is 0.800. The molecular formula is C15H30ClN2+. The van der Waals surface area contributed by atoms with Crippen LogP contribution in [0.15, 0.2) is 11.2 Å². The van der Waals surface area contributed by atoms with E-state index in [4.69, 9.17) is 11.6 Å². The molecule has 0 aromatic rings. The van der Waals surface area contributed by atoms with Crippen LogP contribution < -0.4 is 0 Å². The highest BCUT2D eigenvalue weighted by Crippen LogP contribution is 2.10. The summed E-state index contributed by atoms with van der Waals surface area (Å²) in [4.78, 5) is 2.28. The van der Waals surface area contributed by atoms with Gasteiger partial charge in [0.1, 0.15) is 17.1 Å². The van der Waals surface area contributed by atoms with Gasteiger partial charge in [0.15, 0.2) is 6.21 Å². The Morgan fingerprint density at radius 1 is 0.889 bits per heavy atom. The Kier molecular flexibility index (Phi) is 7.61. The Morgan fingerprint density at radius 3 is 1.56 bits per heavy atom. The SMILES string of the molecule is CC(C)N(/C=C(\Cl)C=[N+](C(C)C)C(C)C)C(C)C. The molecule has 0 radical (unpaired) electrons. The molecule has 0 rings (SSSR count). The van der Waals surface area contributed by atoms with E-state index in [-0.39, 0.29) is 0 Å². The quantitative estimate of drug-likeness (QED) is 0.522. The third-order valence-corrected chi connectivity index (χ3v) is 3.13. The Hall–Kier alpha value is -0.500. The molecule has 0 aliphatic rings. The standard InChI is InChI=1S/C15H30ClN2/c1-11(2)17(12(3)4)9-15(16)10-18(13(5)6)14(7)8/h9-14H,1-8H3/q+1. The van der Waals surface area contributed by atoms with Crippen molar-refractivity contribution in [3.63, 3.8) is 0 Å². The van der Waals surface area contributed by atoms with Crippen molar-refractivity contribution in [2.75, 3.05) is 0 Å². The van der Waals surface area contributed by atoms with Crippen molar-refractivity contribution in [1.29, 1.82) is 0 Å². The van der Waals surface area contributed by atoms with Crippen LogP contribution in [0.25, 0.3) is 0 Å². The summed E-state index contributed by atoms with van der Waals surface area (Å²) in [5.41, 5.74) is 0. The van der Waals surface area contributed by atoms with Gasteiger partial charge < -0.3 is 4.90 Å². The third kappa shape index (κ3) is 5.90. The number of hydrogen-bond donors (Lipinski definition) is 0. The molecule has 0 bridgehead atoms. The molecule has 2 nitrogen and oxygen atoms in total. The molecule has 0 fully saturated rings. The minimum Gasteiger partial charge on any atom is -0.371 e. The lowest BCUT2D eigenvalue weighted by molar-refractivity contribution is -0.583. The molecule has 0 saturated heterocycles. The topological polar surface area (TPSA) is 6.25 Å².